The molecule has 0 aromatic heterocycles. The van der Waals surface area contributed by atoms with E-state index < -0.39 is 0 Å². The lowest BCUT2D eigenvalue weighted by Gasteiger charge is -2.35. The molecule has 3 rings (SSSR count). The summed E-state index contributed by atoms with van der Waals surface area (Å²) in [6, 6.07) is 15.7. The van der Waals surface area contributed by atoms with Crippen LogP contribution in [0.1, 0.15) is 5.56 Å². The summed E-state index contributed by atoms with van der Waals surface area (Å²) >= 11 is 0. The molecule has 0 unspecified atom stereocenters. The third-order valence-corrected chi connectivity index (χ3v) is 4.56. The number of carbonyl (C=O) groups excluding carboxylic acids is 1. The molecule has 1 saturated heterocycles. The second-order valence-corrected chi connectivity index (χ2v) is 6.12. The fraction of sp³-hybridized carbons (Fsp3) is 0.286. The summed E-state index contributed by atoms with van der Waals surface area (Å²) in [4.78, 5) is 16.6. The van der Waals surface area contributed by atoms with Crippen LogP contribution in [0.2, 0.25) is 0 Å². The van der Waals surface area contributed by atoms with Gasteiger partial charge < -0.3 is 19.3 Å². The highest BCUT2D eigenvalue weighted by atomic mass is 16.5. The highest BCUT2D eigenvalue weighted by molar-refractivity contribution is 5.92. The number of hydrogen-bond donors (Lipinski definition) is 0. The monoisotopic (exact) mass is 352 g/mol. The first-order valence-electron chi connectivity index (χ1n) is 8.69. The summed E-state index contributed by atoms with van der Waals surface area (Å²) in [5.41, 5.74) is 2.14. The normalized spacial score (nSPS) is 14.5. The third kappa shape index (κ3) is 4.36. The van der Waals surface area contributed by atoms with Crippen LogP contribution in [0.5, 0.6) is 11.5 Å². The lowest BCUT2D eigenvalue weighted by atomic mass is 10.2. The Kier molecular flexibility index (Phi) is 5.79. The summed E-state index contributed by atoms with van der Waals surface area (Å²) in [6.45, 7) is 3.10. The van der Waals surface area contributed by atoms with Gasteiger partial charge in [-0.15, -0.1) is 0 Å². The summed E-state index contributed by atoms with van der Waals surface area (Å²) in [5.74, 6) is 1.71. The quantitative estimate of drug-likeness (QED) is 0.776. The molecule has 0 atom stereocenters. The van der Waals surface area contributed by atoms with Gasteiger partial charge in [0.2, 0.25) is 5.91 Å². The van der Waals surface area contributed by atoms with Gasteiger partial charge in [0, 0.05) is 37.9 Å². The average Bonchev–Trinajstić information content (AvgIpc) is 2.72. The molecule has 5 heteroatoms. The van der Waals surface area contributed by atoms with Gasteiger partial charge in [-0.25, -0.2) is 0 Å². The highest BCUT2D eigenvalue weighted by Crippen LogP contribution is 2.20. The molecule has 2 aromatic rings. The van der Waals surface area contributed by atoms with E-state index in [2.05, 4.69) is 17.0 Å². The van der Waals surface area contributed by atoms with Crippen molar-refractivity contribution in [1.29, 1.82) is 0 Å². The molecule has 1 fully saturated rings. The molecular weight excluding hydrogens is 328 g/mol. The number of rotatable bonds is 5. The number of hydrogen-bond acceptors (Lipinski definition) is 4. The predicted octanol–water partition coefficient (Wildman–Crippen LogP) is 3.07. The molecule has 0 saturated carbocycles. The number of benzene rings is 2. The van der Waals surface area contributed by atoms with Crippen LogP contribution in [-0.2, 0) is 4.79 Å². The average molecular weight is 352 g/mol. The van der Waals surface area contributed by atoms with E-state index in [-0.39, 0.29) is 5.91 Å². The van der Waals surface area contributed by atoms with E-state index in [4.69, 9.17) is 9.47 Å². The van der Waals surface area contributed by atoms with Gasteiger partial charge in [0.15, 0.2) is 0 Å². The fourth-order valence-electron chi connectivity index (χ4n) is 2.97. The van der Waals surface area contributed by atoms with Crippen molar-refractivity contribution in [3.8, 4) is 11.5 Å². The number of ether oxygens (including phenoxy) is 2. The maximum absolute atomic E-state index is 12.4. The number of amides is 1. The third-order valence-electron chi connectivity index (χ3n) is 4.56. The zero-order valence-corrected chi connectivity index (χ0v) is 15.2. The Morgan fingerprint density at radius 1 is 0.846 bits per heavy atom. The van der Waals surface area contributed by atoms with Crippen LogP contribution in [0.4, 0.5) is 5.69 Å². The van der Waals surface area contributed by atoms with Crippen molar-refractivity contribution in [1.82, 2.24) is 4.90 Å². The van der Waals surface area contributed by atoms with Crippen LogP contribution in [0.15, 0.2) is 54.6 Å². The first kappa shape index (κ1) is 17.9. The number of anilines is 1. The van der Waals surface area contributed by atoms with Gasteiger partial charge in [-0.3, -0.25) is 4.79 Å². The molecule has 1 aliphatic heterocycles. The van der Waals surface area contributed by atoms with Crippen molar-refractivity contribution in [2.45, 2.75) is 0 Å². The highest BCUT2D eigenvalue weighted by Gasteiger charge is 2.19. The maximum atomic E-state index is 12.4. The molecule has 26 heavy (non-hydrogen) atoms. The molecule has 136 valence electrons. The summed E-state index contributed by atoms with van der Waals surface area (Å²) in [5, 5.41) is 0. The molecule has 0 radical (unpaired) electrons. The maximum Gasteiger partial charge on any atom is 0.246 e. The second kappa shape index (κ2) is 8.43. The Morgan fingerprint density at radius 3 is 1.92 bits per heavy atom. The van der Waals surface area contributed by atoms with Crippen molar-refractivity contribution < 1.29 is 14.3 Å². The summed E-state index contributed by atoms with van der Waals surface area (Å²) < 4.78 is 10.3. The van der Waals surface area contributed by atoms with Crippen LogP contribution in [0.3, 0.4) is 0 Å². The molecule has 0 spiro atoms. The lowest BCUT2D eigenvalue weighted by molar-refractivity contribution is -0.126. The molecule has 2 aromatic carbocycles. The predicted molar refractivity (Wildman–Crippen MR) is 104 cm³/mol. The first-order valence-corrected chi connectivity index (χ1v) is 8.69. The van der Waals surface area contributed by atoms with Crippen LogP contribution >= 0.6 is 0 Å². The van der Waals surface area contributed by atoms with Crippen molar-refractivity contribution in [2.24, 2.45) is 0 Å². The first-order chi connectivity index (χ1) is 12.7. The van der Waals surface area contributed by atoms with Crippen LogP contribution in [-0.4, -0.2) is 51.2 Å². The topological polar surface area (TPSA) is 42.0 Å². The van der Waals surface area contributed by atoms with Gasteiger partial charge in [-0.2, -0.15) is 0 Å². The molecular formula is C21H24N2O3. The van der Waals surface area contributed by atoms with E-state index in [0.29, 0.717) is 0 Å². The van der Waals surface area contributed by atoms with Crippen molar-refractivity contribution in [3.63, 3.8) is 0 Å². The van der Waals surface area contributed by atoms with Crippen molar-refractivity contribution in [2.75, 3.05) is 45.3 Å². The minimum atomic E-state index is 0.0511. The molecule has 1 amide bonds. The van der Waals surface area contributed by atoms with Gasteiger partial charge >= 0.3 is 0 Å². The van der Waals surface area contributed by atoms with Gasteiger partial charge in [-0.1, -0.05) is 12.1 Å². The zero-order valence-electron chi connectivity index (χ0n) is 15.2. The Bertz CT molecular complexity index is 746. The van der Waals surface area contributed by atoms with E-state index >= 15 is 0 Å². The molecule has 0 bridgehead atoms. The number of carbonyl (C=O) groups is 1. The SMILES string of the molecule is COc1ccc(/C=C/C(=O)N2CCN(c3ccc(OC)cc3)CC2)cc1. The summed E-state index contributed by atoms with van der Waals surface area (Å²) in [7, 11) is 3.30. The van der Waals surface area contributed by atoms with Gasteiger partial charge in [0.05, 0.1) is 14.2 Å². The number of piperazine rings is 1. The Labute approximate surface area is 154 Å². The Hall–Kier alpha value is -2.95. The molecule has 1 heterocycles. The lowest BCUT2D eigenvalue weighted by Crippen LogP contribution is -2.48. The molecule has 5 nitrogen and oxygen atoms in total. The summed E-state index contributed by atoms with van der Waals surface area (Å²) in [6.07, 6.45) is 3.49. The second-order valence-electron chi connectivity index (χ2n) is 6.12. The largest absolute Gasteiger partial charge is 0.497 e. The fourth-order valence-corrected chi connectivity index (χ4v) is 2.97. The zero-order chi connectivity index (χ0) is 18.4. The van der Waals surface area contributed by atoms with Crippen molar-refractivity contribution >= 4 is 17.7 Å². The minimum absolute atomic E-state index is 0.0511. The smallest absolute Gasteiger partial charge is 0.246 e. The van der Waals surface area contributed by atoms with E-state index in [1.54, 1.807) is 20.3 Å². The Morgan fingerprint density at radius 2 is 1.38 bits per heavy atom. The van der Waals surface area contributed by atoms with Crippen molar-refractivity contribution in [3.05, 3.63) is 60.2 Å². The molecule has 0 aliphatic carbocycles. The number of methoxy groups -OCH3 is 2. The van der Waals surface area contributed by atoms with Gasteiger partial charge in [-0.05, 0) is 48.0 Å². The Balaban J connectivity index is 1.53. The molecule has 0 N–H and O–H groups in total. The standard InChI is InChI=1S/C21H24N2O3/c1-25-19-8-3-17(4-9-19)5-12-21(24)23-15-13-22(14-16-23)18-6-10-20(26-2)11-7-18/h3-12H,13-16H2,1-2H3/b12-5+. The van der Waals surface area contributed by atoms with Gasteiger partial charge in [0.25, 0.3) is 0 Å². The van der Waals surface area contributed by atoms with E-state index in [1.807, 2.05) is 47.4 Å². The van der Waals surface area contributed by atoms with Crippen LogP contribution in [0, 0.1) is 0 Å². The van der Waals surface area contributed by atoms with Crippen LogP contribution in [0.25, 0.3) is 6.08 Å². The van der Waals surface area contributed by atoms with Gasteiger partial charge in [0.1, 0.15) is 11.5 Å². The van der Waals surface area contributed by atoms with E-state index in [9.17, 15) is 4.79 Å². The molecule has 1 aliphatic rings. The van der Waals surface area contributed by atoms with Crippen LogP contribution < -0.4 is 14.4 Å². The van der Waals surface area contributed by atoms with E-state index in [1.165, 1.54) is 0 Å². The number of nitrogens with zero attached hydrogens (tertiary/aromatic N) is 2. The minimum Gasteiger partial charge on any atom is -0.497 e. The van der Waals surface area contributed by atoms with E-state index in [0.717, 1.165) is 48.9 Å².